The first-order valence-corrected chi connectivity index (χ1v) is 8.36. The Morgan fingerprint density at radius 3 is 2.52 bits per heavy atom. The maximum Gasteiger partial charge on any atom is 0.234 e. The molecule has 134 valence electrons. The van der Waals surface area contributed by atoms with Crippen molar-refractivity contribution >= 4 is 17.5 Å². The quantitative estimate of drug-likeness (QED) is 0.817. The number of nitrogens with zero attached hydrogens (tertiary/aromatic N) is 1. The van der Waals surface area contributed by atoms with E-state index in [2.05, 4.69) is 5.32 Å². The maximum atomic E-state index is 13.9. The van der Waals surface area contributed by atoms with E-state index in [1.54, 1.807) is 24.9 Å². The molecule has 0 fully saturated rings. The van der Waals surface area contributed by atoms with Crippen LogP contribution in [-0.2, 0) is 4.79 Å². The summed E-state index contributed by atoms with van der Waals surface area (Å²) in [5.41, 5.74) is 1.04. The summed E-state index contributed by atoms with van der Waals surface area (Å²) in [4.78, 5) is 13.9. The average Bonchev–Trinajstić information content (AvgIpc) is 2.56. The molecule has 1 amide bonds. The van der Waals surface area contributed by atoms with Gasteiger partial charge < -0.3 is 5.32 Å². The molecule has 2 rings (SSSR count). The second kappa shape index (κ2) is 8.41. The van der Waals surface area contributed by atoms with Crippen LogP contribution in [0.15, 0.2) is 42.5 Å². The van der Waals surface area contributed by atoms with Crippen molar-refractivity contribution in [2.24, 2.45) is 0 Å². The predicted octanol–water partition coefficient (Wildman–Crippen LogP) is 4.49. The lowest BCUT2D eigenvalue weighted by molar-refractivity contribution is -0.123. The molecule has 0 bridgehead atoms. The number of benzene rings is 2. The second-order valence-corrected chi connectivity index (χ2v) is 6.47. The summed E-state index contributed by atoms with van der Waals surface area (Å²) < 4.78 is 27.2. The van der Waals surface area contributed by atoms with E-state index in [4.69, 9.17) is 11.6 Å². The van der Waals surface area contributed by atoms with Crippen LogP contribution in [0.25, 0.3) is 0 Å². The molecular formula is C19H21ClF2N2O. The minimum atomic E-state index is -0.506. The zero-order valence-corrected chi connectivity index (χ0v) is 15.1. The van der Waals surface area contributed by atoms with Gasteiger partial charge in [0, 0.05) is 16.6 Å². The molecule has 0 aliphatic carbocycles. The fourth-order valence-corrected chi connectivity index (χ4v) is 2.93. The van der Waals surface area contributed by atoms with Gasteiger partial charge in [0.25, 0.3) is 0 Å². The molecule has 0 saturated carbocycles. The van der Waals surface area contributed by atoms with Crippen molar-refractivity contribution in [2.45, 2.75) is 25.9 Å². The third-order valence-corrected chi connectivity index (χ3v) is 4.56. The minimum absolute atomic E-state index is 0.0475. The predicted molar refractivity (Wildman–Crippen MR) is 95.4 cm³/mol. The second-order valence-electron chi connectivity index (χ2n) is 6.07. The monoisotopic (exact) mass is 366 g/mol. The van der Waals surface area contributed by atoms with Crippen LogP contribution in [0.5, 0.6) is 0 Å². The summed E-state index contributed by atoms with van der Waals surface area (Å²) in [6.45, 7) is 3.61. The molecule has 0 spiro atoms. The highest BCUT2D eigenvalue weighted by molar-refractivity contribution is 6.31. The summed E-state index contributed by atoms with van der Waals surface area (Å²) in [5, 5.41) is 3.45. The van der Waals surface area contributed by atoms with E-state index in [0.717, 1.165) is 23.8 Å². The number of carbonyl (C=O) groups excluding carboxylic acids is 1. The lowest BCUT2D eigenvalue weighted by Crippen LogP contribution is -2.37. The topological polar surface area (TPSA) is 32.3 Å². The molecule has 0 saturated heterocycles. The third kappa shape index (κ3) is 5.00. The summed E-state index contributed by atoms with van der Waals surface area (Å²) in [5.74, 6) is -1.22. The Morgan fingerprint density at radius 1 is 1.16 bits per heavy atom. The summed E-state index contributed by atoms with van der Waals surface area (Å²) >= 11 is 6.13. The van der Waals surface area contributed by atoms with Crippen molar-refractivity contribution in [3.05, 3.63) is 70.2 Å². The van der Waals surface area contributed by atoms with Crippen molar-refractivity contribution in [3.63, 3.8) is 0 Å². The molecule has 0 radical (unpaired) electrons. The van der Waals surface area contributed by atoms with Gasteiger partial charge in [0.15, 0.2) is 0 Å². The van der Waals surface area contributed by atoms with Crippen LogP contribution < -0.4 is 5.32 Å². The van der Waals surface area contributed by atoms with Gasteiger partial charge in [-0.1, -0.05) is 29.8 Å². The highest BCUT2D eigenvalue weighted by Crippen LogP contribution is 2.24. The molecule has 2 aromatic carbocycles. The molecule has 25 heavy (non-hydrogen) atoms. The van der Waals surface area contributed by atoms with E-state index in [-0.39, 0.29) is 24.1 Å². The normalized spacial score (nSPS) is 13.6. The van der Waals surface area contributed by atoms with Crippen LogP contribution >= 0.6 is 11.6 Å². The zero-order valence-electron chi connectivity index (χ0n) is 14.4. The van der Waals surface area contributed by atoms with Gasteiger partial charge in [0.05, 0.1) is 12.6 Å². The first kappa shape index (κ1) is 19.3. The standard InChI is InChI=1S/C19H21ClF2N2O/c1-12(15-6-4-5-7-17(15)20)23-19(25)11-24(3)13(2)16-10-14(21)8-9-18(16)22/h4-10,12-13H,11H2,1-3H3,(H,23,25). The molecule has 3 nitrogen and oxygen atoms in total. The number of hydrogen-bond donors (Lipinski definition) is 1. The van der Waals surface area contributed by atoms with Crippen LogP contribution in [0.4, 0.5) is 8.78 Å². The SMILES string of the molecule is CC(NC(=O)CN(C)C(C)c1cc(F)ccc1F)c1ccccc1Cl. The summed E-state index contributed by atoms with van der Waals surface area (Å²) in [6.07, 6.45) is 0. The van der Waals surface area contributed by atoms with E-state index < -0.39 is 17.7 Å². The lowest BCUT2D eigenvalue weighted by Gasteiger charge is -2.26. The van der Waals surface area contributed by atoms with Crippen molar-refractivity contribution in [3.8, 4) is 0 Å². The number of amides is 1. The van der Waals surface area contributed by atoms with Crippen LogP contribution in [-0.4, -0.2) is 24.4 Å². The van der Waals surface area contributed by atoms with E-state index >= 15 is 0 Å². The van der Waals surface area contributed by atoms with Gasteiger partial charge in [-0.05, 0) is 50.7 Å². The molecule has 1 N–H and O–H groups in total. The first-order chi connectivity index (χ1) is 11.8. The molecule has 2 aromatic rings. The summed E-state index contributed by atoms with van der Waals surface area (Å²) in [6, 6.07) is 9.91. The van der Waals surface area contributed by atoms with E-state index in [1.807, 2.05) is 25.1 Å². The van der Waals surface area contributed by atoms with Crippen LogP contribution in [0.2, 0.25) is 5.02 Å². The third-order valence-electron chi connectivity index (χ3n) is 4.21. The van der Waals surface area contributed by atoms with E-state index in [1.165, 1.54) is 0 Å². The lowest BCUT2D eigenvalue weighted by atomic mass is 10.1. The molecule has 0 heterocycles. The van der Waals surface area contributed by atoms with Gasteiger partial charge in [0.2, 0.25) is 5.91 Å². The molecule has 2 atom stereocenters. The summed E-state index contributed by atoms with van der Waals surface area (Å²) in [7, 11) is 1.69. The number of carbonyl (C=O) groups is 1. The number of rotatable bonds is 6. The van der Waals surface area contributed by atoms with Gasteiger partial charge in [-0.25, -0.2) is 8.78 Å². The Labute approximate surface area is 151 Å². The Kier molecular flexibility index (Phi) is 6.51. The highest BCUT2D eigenvalue weighted by atomic mass is 35.5. The largest absolute Gasteiger partial charge is 0.348 e. The van der Waals surface area contributed by atoms with Gasteiger partial charge in [0.1, 0.15) is 11.6 Å². The van der Waals surface area contributed by atoms with Crippen LogP contribution in [0.1, 0.15) is 37.1 Å². The van der Waals surface area contributed by atoms with Crippen molar-refractivity contribution < 1.29 is 13.6 Å². The number of halogens is 3. The Hall–Kier alpha value is -1.98. The average molecular weight is 367 g/mol. The molecule has 2 unspecified atom stereocenters. The first-order valence-electron chi connectivity index (χ1n) is 7.98. The van der Waals surface area contributed by atoms with Crippen LogP contribution in [0.3, 0.4) is 0 Å². The Balaban J connectivity index is 2.00. The van der Waals surface area contributed by atoms with Crippen molar-refractivity contribution in [1.82, 2.24) is 10.2 Å². The van der Waals surface area contributed by atoms with Gasteiger partial charge in [-0.15, -0.1) is 0 Å². The molecule has 0 aliphatic heterocycles. The number of nitrogens with one attached hydrogen (secondary N) is 1. The van der Waals surface area contributed by atoms with Crippen molar-refractivity contribution in [2.75, 3.05) is 13.6 Å². The molecular weight excluding hydrogens is 346 g/mol. The van der Waals surface area contributed by atoms with E-state index in [9.17, 15) is 13.6 Å². The molecule has 0 aromatic heterocycles. The molecule has 6 heteroatoms. The Morgan fingerprint density at radius 2 is 1.84 bits per heavy atom. The smallest absolute Gasteiger partial charge is 0.234 e. The molecule has 0 aliphatic rings. The van der Waals surface area contributed by atoms with Gasteiger partial charge >= 0.3 is 0 Å². The fourth-order valence-electron chi connectivity index (χ4n) is 2.63. The number of hydrogen-bond acceptors (Lipinski definition) is 2. The van der Waals surface area contributed by atoms with Gasteiger partial charge in [-0.2, -0.15) is 0 Å². The van der Waals surface area contributed by atoms with E-state index in [0.29, 0.717) is 5.02 Å². The minimum Gasteiger partial charge on any atom is -0.348 e. The van der Waals surface area contributed by atoms with Crippen molar-refractivity contribution in [1.29, 1.82) is 0 Å². The zero-order chi connectivity index (χ0) is 18.6. The Bertz CT molecular complexity index is 754. The maximum absolute atomic E-state index is 13.9. The fraction of sp³-hybridized carbons (Fsp3) is 0.316. The number of likely N-dealkylation sites (N-methyl/N-ethyl adjacent to an activating group) is 1. The highest BCUT2D eigenvalue weighted by Gasteiger charge is 2.20. The van der Waals surface area contributed by atoms with Crippen LogP contribution in [0, 0.1) is 11.6 Å². The van der Waals surface area contributed by atoms with Gasteiger partial charge in [-0.3, -0.25) is 9.69 Å².